The van der Waals surface area contributed by atoms with Crippen molar-refractivity contribution < 1.29 is 8.78 Å². The summed E-state index contributed by atoms with van der Waals surface area (Å²) < 4.78 is 26.9. The summed E-state index contributed by atoms with van der Waals surface area (Å²) in [6.45, 7) is 7.67. The number of hydrogen-bond donors (Lipinski definition) is 1. The monoisotopic (exact) mass is 268 g/mol. The van der Waals surface area contributed by atoms with Crippen molar-refractivity contribution in [2.75, 3.05) is 19.6 Å². The van der Waals surface area contributed by atoms with Crippen LogP contribution in [-0.4, -0.2) is 30.6 Å². The van der Waals surface area contributed by atoms with Gasteiger partial charge in [0, 0.05) is 24.7 Å². The molecule has 2 rings (SSSR count). The molecule has 1 aliphatic rings. The summed E-state index contributed by atoms with van der Waals surface area (Å²) in [6, 6.07) is 4.58. The molecule has 0 saturated carbocycles. The first-order chi connectivity index (χ1) is 9.08. The molecule has 1 N–H and O–H groups in total. The summed E-state index contributed by atoms with van der Waals surface area (Å²) in [5.41, 5.74) is 0.140. The average Bonchev–Trinajstić information content (AvgIpc) is 2.82. The normalized spacial score (nSPS) is 20.4. The van der Waals surface area contributed by atoms with Gasteiger partial charge in [-0.25, -0.2) is 8.78 Å². The van der Waals surface area contributed by atoms with Gasteiger partial charge in [-0.2, -0.15) is 0 Å². The lowest BCUT2D eigenvalue weighted by Crippen LogP contribution is -2.30. The Morgan fingerprint density at radius 2 is 2.00 bits per heavy atom. The zero-order valence-corrected chi connectivity index (χ0v) is 11.6. The van der Waals surface area contributed by atoms with E-state index in [1.165, 1.54) is 18.2 Å². The van der Waals surface area contributed by atoms with E-state index in [4.69, 9.17) is 0 Å². The zero-order chi connectivity index (χ0) is 13.8. The van der Waals surface area contributed by atoms with Crippen molar-refractivity contribution in [1.82, 2.24) is 10.2 Å². The number of benzene rings is 1. The van der Waals surface area contributed by atoms with Gasteiger partial charge in [0.15, 0.2) is 0 Å². The molecule has 0 amide bonds. The van der Waals surface area contributed by atoms with Crippen molar-refractivity contribution in [2.24, 2.45) is 5.92 Å². The maximum atomic E-state index is 13.4. The molecule has 0 aliphatic carbocycles. The number of halogens is 2. The third kappa shape index (κ3) is 3.74. The first-order valence-electron chi connectivity index (χ1n) is 6.95. The lowest BCUT2D eigenvalue weighted by Gasteiger charge is -2.20. The second-order valence-electron chi connectivity index (χ2n) is 5.57. The Kier molecular flexibility index (Phi) is 4.88. The molecule has 1 atom stereocenters. The van der Waals surface area contributed by atoms with E-state index in [9.17, 15) is 8.78 Å². The molecule has 0 bridgehead atoms. The summed E-state index contributed by atoms with van der Waals surface area (Å²) in [7, 11) is 0. The van der Waals surface area contributed by atoms with Gasteiger partial charge in [-0.1, -0.05) is 6.07 Å². The fourth-order valence-corrected chi connectivity index (χ4v) is 2.60. The quantitative estimate of drug-likeness (QED) is 0.883. The third-order valence-corrected chi connectivity index (χ3v) is 3.84. The van der Waals surface area contributed by atoms with Gasteiger partial charge in [-0.15, -0.1) is 0 Å². The fourth-order valence-electron chi connectivity index (χ4n) is 2.60. The molecule has 0 spiro atoms. The van der Waals surface area contributed by atoms with E-state index in [0.29, 0.717) is 12.0 Å². The Morgan fingerprint density at radius 3 is 2.58 bits per heavy atom. The van der Waals surface area contributed by atoms with Crippen molar-refractivity contribution >= 4 is 0 Å². The van der Waals surface area contributed by atoms with E-state index < -0.39 is 11.6 Å². The predicted molar refractivity (Wildman–Crippen MR) is 72.9 cm³/mol. The minimum atomic E-state index is -0.470. The Bertz CT molecular complexity index is 400. The Balaban J connectivity index is 1.78. The minimum Gasteiger partial charge on any atom is -0.312 e. The number of nitrogens with zero attached hydrogens (tertiary/aromatic N) is 1. The Labute approximate surface area is 113 Å². The Hall–Kier alpha value is -1.00. The van der Waals surface area contributed by atoms with E-state index >= 15 is 0 Å². The van der Waals surface area contributed by atoms with Gasteiger partial charge >= 0.3 is 0 Å². The first kappa shape index (κ1) is 14.4. The average molecular weight is 268 g/mol. The summed E-state index contributed by atoms with van der Waals surface area (Å²) in [6.07, 6.45) is 1.16. The lowest BCUT2D eigenvalue weighted by molar-refractivity contribution is 0.264. The smallest absolute Gasteiger partial charge is 0.130 e. The molecule has 1 aromatic carbocycles. The largest absolute Gasteiger partial charge is 0.312 e. The van der Waals surface area contributed by atoms with Gasteiger partial charge in [-0.3, -0.25) is 0 Å². The molecule has 106 valence electrons. The van der Waals surface area contributed by atoms with Crippen molar-refractivity contribution in [2.45, 2.75) is 32.9 Å². The molecular formula is C15H22F2N2. The summed E-state index contributed by atoms with van der Waals surface area (Å²) in [5.74, 6) is -0.359. The van der Waals surface area contributed by atoms with Gasteiger partial charge in [0.1, 0.15) is 11.6 Å². The van der Waals surface area contributed by atoms with E-state index in [1.807, 2.05) is 0 Å². The van der Waals surface area contributed by atoms with Crippen molar-refractivity contribution in [1.29, 1.82) is 0 Å². The van der Waals surface area contributed by atoms with Crippen LogP contribution in [0.4, 0.5) is 8.78 Å². The second-order valence-corrected chi connectivity index (χ2v) is 5.57. The second kappa shape index (κ2) is 6.44. The van der Waals surface area contributed by atoms with Crippen LogP contribution in [0.5, 0.6) is 0 Å². The van der Waals surface area contributed by atoms with Gasteiger partial charge in [0.2, 0.25) is 0 Å². The molecular weight excluding hydrogens is 246 g/mol. The number of likely N-dealkylation sites (tertiary alicyclic amines) is 1. The standard InChI is InChI=1S/C15H22F2N2/c1-11(2)19-7-6-12(10-19)8-18-9-13-14(16)4-3-5-15(13)17/h3-5,11-12,18H,6-10H2,1-2H3. The van der Waals surface area contributed by atoms with Crippen LogP contribution < -0.4 is 5.32 Å². The highest BCUT2D eigenvalue weighted by Gasteiger charge is 2.23. The fraction of sp³-hybridized carbons (Fsp3) is 0.600. The molecule has 0 radical (unpaired) electrons. The highest BCUT2D eigenvalue weighted by atomic mass is 19.1. The van der Waals surface area contributed by atoms with Gasteiger partial charge < -0.3 is 10.2 Å². The Morgan fingerprint density at radius 1 is 1.32 bits per heavy atom. The van der Waals surface area contributed by atoms with E-state index in [-0.39, 0.29) is 12.1 Å². The summed E-state index contributed by atoms with van der Waals surface area (Å²) >= 11 is 0. The van der Waals surface area contributed by atoms with Crippen LogP contribution in [0, 0.1) is 17.6 Å². The molecule has 1 heterocycles. The molecule has 19 heavy (non-hydrogen) atoms. The van der Waals surface area contributed by atoms with Gasteiger partial charge in [-0.05, 0) is 51.4 Å². The van der Waals surface area contributed by atoms with Crippen LogP contribution in [0.25, 0.3) is 0 Å². The predicted octanol–water partition coefficient (Wildman–Crippen LogP) is 2.78. The topological polar surface area (TPSA) is 15.3 Å². The molecule has 1 aliphatic heterocycles. The van der Waals surface area contributed by atoms with Crippen LogP contribution in [0.3, 0.4) is 0 Å². The maximum absolute atomic E-state index is 13.4. The van der Waals surface area contributed by atoms with Crippen molar-refractivity contribution in [3.05, 3.63) is 35.4 Å². The minimum absolute atomic E-state index is 0.140. The highest BCUT2D eigenvalue weighted by Crippen LogP contribution is 2.18. The molecule has 1 unspecified atom stereocenters. The van der Waals surface area contributed by atoms with Gasteiger partial charge in [0.25, 0.3) is 0 Å². The van der Waals surface area contributed by atoms with Crippen LogP contribution in [0.15, 0.2) is 18.2 Å². The number of nitrogens with one attached hydrogen (secondary N) is 1. The van der Waals surface area contributed by atoms with E-state index in [0.717, 1.165) is 26.1 Å². The molecule has 4 heteroatoms. The SMILES string of the molecule is CC(C)N1CCC(CNCc2c(F)cccc2F)C1. The summed E-state index contributed by atoms with van der Waals surface area (Å²) in [5, 5.41) is 3.18. The highest BCUT2D eigenvalue weighted by molar-refractivity contribution is 5.19. The van der Waals surface area contributed by atoms with Crippen molar-refractivity contribution in [3.8, 4) is 0 Å². The molecule has 1 aromatic rings. The van der Waals surface area contributed by atoms with Crippen molar-refractivity contribution in [3.63, 3.8) is 0 Å². The van der Waals surface area contributed by atoms with Crippen LogP contribution in [-0.2, 0) is 6.54 Å². The van der Waals surface area contributed by atoms with Crippen LogP contribution in [0.1, 0.15) is 25.8 Å². The van der Waals surface area contributed by atoms with Gasteiger partial charge in [0.05, 0.1) is 0 Å². The molecule has 2 nitrogen and oxygen atoms in total. The number of rotatable bonds is 5. The first-order valence-corrected chi connectivity index (χ1v) is 6.95. The summed E-state index contributed by atoms with van der Waals surface area (Å²) in [4.78, 5) is 2.44. The molecule has 1 fully saturated rings. The van der Waals surface area contributed by atoms with E-state index in [1.54, 1.807) is 0 Å². The molecule has 1 saturated heterocycles. The zero-order valence-electron chi connectivity index (χ0n) is 11.6. The number of hydrogen-bond acceptors (Lipinski definition) is 2. The molecule has 0 aromatic heterocycles. The maximum Gasteiger partial charge on any atom is 0.130 e. The van der Waals surface area contributed by atoms with E-state index in [2.05, 4.69) is 24.1 Å². The van der Waals surface area contributed by atoms with Crippen LogP contribution in [0.2, 0.25) is 0 Å². The van der Waals surface area contributed by atoms with Crippen LogP contribution >= 0.6 is 0 Å². The third-order valence-electron chi connectivity index (χ3n) is 3.84. The lowest BCUT2D eigenvalue weighted by atomic mass is 10.1.